The SMILES string of the molecule is O=C(CSc1nc(-c2ccccc2)cc(C(F)(F)F)n1)NN=C1CCCCCCCCCCC1. The maximum Gasteiger partial charge on any atom is 0.433 e. The zero-order valence-corrected chi connectivity index (χ0v) is 20.1. The molecule has 1 aromatic heterocycles. The third-order valence-electron chi connectivity index (χ3n) is 5.67. The normalized spacial score (nSPS) is 16.3. The number of carbonyl (C=O) groups is 1. The van der Waals surface area contributed by atoms with E-state index in [2.05, 4.69) is 20.5 Å². The minimum atomic E-state index is -4.61. The predicted molar refractivity (Wildman–Crippen MR) is 130 cm³/mol. The van der Waals surface area contributed by atoms with Crippen LogP contribution >= 0.6 is 11.8 Å². The molecule has 0 bridgehead atoms. The highest BCUT2D eigenvalue weighted by atomic mass is 32.2. The van der Waals surface area contributed by atoms with Crippen LogP contribution in [-0.4, -0.2) is 27.3 Å². The molecule has 1 saturated carbocycles. The third kappa shape index (κ3) is 9.08. The number of aromatic nitrogens is 2. The highest BCUT2D eigenvalue weighted by Gasteiger charge is 2.34. The van der Waals surface area contributed by atoms with Crippen molar-refractivity contribution < 1.29 is 18.0 Å². The van der Waals surface area contributed by atoms with E-state index in [-0.39, 0.29) is 22.5 Å². The maximum absolute atomic E-state index is 13.4. The molecule has 1 aromatic carbocycles. The van der Waals surface area contributed by atoms with Crippen LogP contribution in [0.25, 0.3) is 11.3 Å². The molecular formula is C25H31F3N4OS. The minimum Gasteiger partial charge on any atom is -0.272 e. The number of rotatable bonds is 5. The van der Waals surface area contributed by atoms with Gasteiger partial charge in [-0.25, -0.2) is 15.4 Å². The molecule has 1 aliphatic rings. The molecule has 9 heteroatoms. The molecule has 3 rings (SSSR count). The lowest BCUT2D eigenvalue weighted by Gasteiger charge is -2.11. The molecule has 0 saturated heterocycles. The van der Waals surface area contributed by atoms with Gasteiger partial charge in [0.1, 0.15) is 5.69 Å². The second kappa shape index (κ2) is 13.5. The summed E-state index contributed by atoms with van der Waals surface area (Å²) in [6.45, 7) is 0. The van der Waals surface area contributed by atoms with Gasteiger partial charge in [0.15, 0.2) is 5.16 Å². The van der Waals surface area contributed by atoms with Crippen LogP contribution in [0, 0.1) is 0 Å². The van der Waals surface area contributed by atoms with Crippen molar-refractivity contribution in [1.82, 2.24) is 15.4 Å². The van der Waals surface area contributed by atoms with Crippen molar-refractivity contribution in [1.29, 1.82) is 0 Å². The fraction of sp³-hybridized carbons (Fsp3) is 0.520. The van der Waals surface area contributed by atoms with Gasteiger partial charge in [-0.2, -0.15) is 18.3 Å². The van der Waals surface area contributed by atoms with Crippen LogP contribution in [0.5, 0.6) is 0 Å². The Hall–Kier alpha value is -2.42. The van der Waals surface area contributed by atoms with Gasteiger partial charge in [0.05, 0.1) is 11.4 Å². The van der Waals surface area contributed by atoms with E-state index in [1.54, 1.807) is 30.3 Å². The Bertz CT molecular complexity index is 937. The molecule has 1 N–H and O–H groups in total. The van der Waals surface area contributed by atoms with Crippen molar-refractivity contribution in [2.45, 2.75) is 82.0 Å². The number of alkyl halides is 3. The van der Waals surface area contributed by atoms with Crippen LogP contribution in [0.4, 0.5) is 13.2 Å². The first kappa shape index (κ1) is 26.2. The van der Waals surface area contributed by atoms with Crippen molar-refractivity contribution in [3.63, 3.8) is 0 Å². The van der Waals surface area contributed by atoms with Crippen LogP contribution in [0.15, 0.2) is 46.7 Å². The Balaban J connectivity index is 1.61. The van der Waals surface area contributed by atoms with Crippen LogP contribution < -0.4 is 5.43 Å². The number of amides is 1. The van der Waals surface area contributed by atoms with Gasteiger partial charge in [-0.1, -0.05) is 87.0 Å². The van der Waals surface area contributed by atoms with Gasteiger partial charge in [0.2, 0.25) is 0 Å². The van der Waals surface area contributed by atoms with Crippen LogP contribution in [0.3, 0.4) is 0 Å². The molecular weight excluding hydrogens is 461 g/mol. The van der Waals surface area contributed by atoms with E-state index in [9.17, 15) is 18.0 Å². The third-order valence-corrected chi connectivity index (χ3v) is 6.51. The van der Waals surface area contributed by atoms with Crippen molar-refractivity contribution in [3.8, 4) is 11.3 Å². The van der Waals surface area contributed by atoms with Crippen molar-refractivity contribution >= 4 is 23.4 Å². The summed E-state index contributed by atoms with van der Waals surface area (Å²) < 4.78 is 40.1. The summed E-state index contributed by atoms with van der Waals surface area (Å²) in [5, 5.41) is 4.23. The molecule has 2 aromatic rings. The quantitative estimate of drug-likeness (QED) is 0.276. The first-order valence-electron chi connectivity index (χ1n) is 11.9. The van der Waals surface area contributed by atoms with Crippen LogP contribution in [0.2, 0.25) is 0 Å². The van der Waals surface area contributed by atoms with Gasteiger partial charge in [-0.3, -0.25) is 4.79 Å². The van der Waals surface area contributed by atoms with Crippen molar-refractivity contribution in [2.75, 3.05) is 5.75 Å². The summed E-state index contributed by atoms with van der Waals surface area (Å²) >= 11 is 0.869. The fourth-order valence-corrected chi connectivity index (χ4v) is 4.48. The number of carbonyl (C=O) groups excluding carboxylic acids is 1. The number of hydrazone groups is 1. The zero-order chi connectivity index (χ0) is 24.2. The van der Waals surface area contributed by atoms with Gasteiger partial charge in [-0.15, -0.1) is 0 Å². The molecule has 34 heavy (non-hydrogen) atoms. The summed E-state index contributed by atoms with van der Waals surface area (Å²) in [5.41, 5.74) is 3.25. The van der Waals surface area contributed by atoms with E-state index in [4.69, 9.17) is 0 Å². The number of hydrogen-bond acceptors (Lipinski definition) is 5. The number of nitrogens with zero attached hydrogens (tertiary/aromatic N) is 3. The summed E-state index contributed by atoms with van der Waals surface area (Å²) in [6, 6.07) is 9.53. The average Bonchev–Trinajstić information content (AvgIpc) is 2.82. The molecule has 5 nitrogen and oxygen atoms in total. The van der Waals surface area contributed by atoms with Gasteiger partial charge in [0.25, 0.3) is 5.91 Å². The lowest BCUT2D eigenvalue weighted by molar-refractivity contribution is -0.141. The molecule has 1 amide bonds. The van der Waals surface area contributed by atoms with Crippen molar-refractivity contribution in [2.24, 2.45) is 5.10 Å². The Morgan fingerprint density at radius 3 is 2.09 bits per heavy atom. The monoisotopic (exact) mass is 492 g/mol. The van der Waals surface area contributed by atoms with E-state index >= 15 is 0 Å². The minimum absolute atomic E-state index is 0.0949. The highest BCUT2D eigenvalue weighted by molar-refractivity contribution is 7.99. The van der Waals surface area contributed by atoms with E-state index < -0.39 is 11.9 Å². The first-order valence-corrected chi connectivity index (χ1v) is 12.9. The standard InChI is InChI=1S/C25H31F3N4OS/c26-25(27,28)22-17-21(19-13-9-8-10-14-19)29-24(30-22)34-18-23(33)32-31-20-15-11-6-4-2-1-3-5-7-12-16-20/h8-10,13-14,17H,1-7,11-12,15-16,18H2,(H,32,33). The highest BCUT2D eigenvalue weighted by Crippen LogP contribution is 2.32. The smallest absolute Gasteiger partial charge is 0.272 e. The lowest BCUT2D eigenvalue weighted by atomic mass is 10.00. The number of nitrogens with one attached hydrogen (secondary N) is 1. The molecule has 1 fully saturated rings. The molecule has 0 atom stereocenters. The van der Waals surface area contributed by atoms with Gasteiger partial charge < -0.3 is 0 Å². The number of benzene rings is 1. The number of thioether (sulfide) groups is 1. The fourth-order valence-electron chi connectivity index (χ4n) is 3.83. The molecule has 1 heterocycles. The Kier molecular flexibility index (Phi) is 10.4. The molecule has 0 unspecified atom stereocenters. The molecule has 0 aliphatic heterocycles. The predicted octanol–water partition coefficient (Wildman–Crippen LogP) is 7.03. The molecule has 1 aliphatic carbocycles. The topological polar surface area (TPSA) is 67.2 Å². The molecule has 184 valence electrons. The summed E-state index contributed by atoms with van der Waals surface area (Å²) in [4.78, 5) is 20.2. The van der Waals surface area contributed by atoms with Crippen molar-refractivity contribution in [3.05, 3.63) is 42.1 Å². The number of halogens is 3. The maximum atomic E-state index is 13.4. The van der Waals surface area contributed by atoms with Gasteiger partial charge in [0, 0.05) is 11.3 Å². The van der Waals surface area contributed by atoms with E-state index in [1.165, 1.54) is 44.9 Å². The molecule has 0 spiro atoms. The second-order valence-electron chi connectivity index (χ2n) is 8.47. The van der Waals surface area contributed by atoms with E-state index in [0.717, 1.165) is 49.2 Å². The lowest BCUT2D eigenvalue weighted by Crippen LogP contribution is -2.22. The average molecular weight is 493 g/mol. The van der Waals surface area contributed by atoms with Crippen LogP contribution in [-0.2, 0) is 11.0 Å². The number of hydrogen-bond donors (Lipinski definition) is 1. The summed E-state index contributed by atoms with van der Waals surface area (Å²) in [6.07, 6.45) is 7.92. The Morgan fingerprint density at radius 1 is 0.912 bits per heavy atom. The van der Waals surface area contributed by atoms with Crippen LogP contribution in [0.1, 0.15) is 76.3 Å². The van der Waals surface area contributed by atoms with E-state index in [0.29, 0.717) is 5.56 Å². The summed E-state index contributed by atoms with van der Waals surface area (Å²) in [7, 11) is 0. The van der Waals surface area contributed by atoms with Gasteiger partial charge in [-0.05, 0) is 31.7 Å². The van der Waals surface area contributed by atoms with E-state index in [1.807, 2.05) is 0 Å². The Morgan fingerprint density at radius 2 is 1.50 bits per heavy atom. The largest absolute Gasteiger partial charge is 0.433 e. The first-order chi connectivity index (χ1) is 16.4. The van der Waals surface area contributed by atoms with Gasteiger partial charge >= 0.3 is 6.18 Å². The summed E-state index contributed by atoms with van der Waals surface area (Å²) in [5.74, 6) is -0.502. The molecule has 0 radical (unpaired) electrons. The second-order valence-corrected chi connectivity index (χ2v) is 9.41. The zero-order valence-electron chi connectivity index (χ0n) is 19.2. The Labute approximate surface area is 203 Å².